The van der Waals surface area contributed by atoms with Gasteiger partial charge in [0.25, 0.3) is 5.91 Å². The fourth-order valence-electron chi connectivity index (χ4n) is 2.27. The number of anilines is 2. The molecule has 3 rings (SSSR count). The number of fused-ring (bicyclic) bond motifs is 1. The van der Waals surface area contributed by atoms with Gasteiger partial charge in [0.05, 0.1) is 11.3 Å². The van der Waals surface area contributed by atoms with Crippen molar-refractivity contribution in [3.8, 4) is 6.07 Å². The van der Waals surface area contributed by atoms with Crippen LogP contribution in [-0.2, 0) is 4.79 Å². The molecule has 0 spiro atoms. The summed E-state index contributed by atoms with van der Waals surface area (Å²) < 4.78 is 0.891. The van der Waals surface area contributed by atoms with Crippen molar-refractivity contribution in [3.63, 3.8) is 0 Å². The Morgan fingerprint density at radius 3 is 2.86 bits per heavy atom. The van der Waals surface area contributed by atoms with Crippen molar-refractivity contribution in [2.75, 3.05) is 10.6 Å². The molecule has 0 radical (unpaired) electrons. The van der Waals surface area contributed by atoms with Crippen molar-refractivity contribution in [3.05, 3.63) is 57.0 Å². The maximum Gasteiger partial charge on any atom is 0.251 e. The van der Waals surface area contributed by atoms with Crippen molar-refractivity contribution >= 4 is 44.8 Å². The average Bonchev–Trinajstić information content (AvgIpc) is 2.74. The standard InChI is InChI=1S/C15H9BrClN3O/c16-9-2-4-11-13(5-9)20-15(21)14(11)19-12-6-10(17)3-1-8(12)7-18/h1-6,14,19H,(H,20,21). The third-order valence-electron chi connectivity index (χ3n) is 3.25. The molecule has 0 aromatic heterocycles. The summed E-state index contributed by atoms with van der Waals surface area (Å²) in [4.78, 5) is 12.1. The molecule has 1 heterocycles. The third-order valence-corrected chi connectivity index (χ3v) is 3.98. The van der Waals surface area contributed by atoms with Crippen LogP contribution in [0.15, 0.2) is 40.9 Å². The summed E-state index contributed by atoms with van der Waals surface area (Å²) in [6.45, 7) is 0. The zero-order chi connectivity index (χ0) is 15.0. The van der Waals surface area contributed by atoms with Gasteiger partial charge >= 0.3 is 0 Å². The second kappa shape index (κ2) is 5.40. The first-order chi connectivity index (χ1) is 10.1. The van der Waals surface area contributed by atoms with Crippen LogP contribution in [0.25, 0.3) is 0 Å². The van der Waals surface area contributed by atoms with E-state index in [2.05, 4.69) is 32.6 Å². The Hall–Kier alpha value is -2.03. The predicted octanol–water partition coefficient (Wildman–Crippen LogP) is 4.08. The topological polar surface area (TPSA) is 64.9 Å². The minimum atomic E-state index is -0.543. The van der Waals surface area contributed by atoms with Crippen molar-refractivity contribution in [2.24, 2.45) is 0 Å². The second-order valence-electron chi connectivity index (χ2n) is 4.60. The van der Waals surface area contributed by atoms with Gasteiger partial charge in [0.1, 0.15) is 12.1 Å². The highest BCUT2D eigenvalue weighted by Gasteiger charge is 2.31. The summed E-state index contributed by atoms with van der Waals surface area (Å²) in [5.41, 5.74) is 2.58. The number of hydrogen-bond donors (Lipinski definition) is 2. The molecule has 21 heavy (non-hydrogen) atoms. The van der Waals surface area contributed by atoms with E-state index < -0.39 is 6.04 Å². The normalized spacial score (nSPS) is 16.0. The van der Waals surface area contributed by atoms with E-state index in [4.69, 9.17) is 16.9 Å². The van der Waals surface area contributed by atoms with Crippen molar-refractivity contribution in [2.45, 2.75) is 6.04 Å². The highest BCUT2D eigenvalue weighted by Crippen LogP contribution is 2.36. The summed E-state index contributed by atoms with van der Waals surface area (Å²) >= 11 is 9.33. The SMILES string of the molecule is N#Cc1ccc(Cl)cc1NC1C(=O)Nc2cc(Br)ccc21. The number of halogens is 2. The number of carbonyl (C=O) groups is 1. The van der Waals surface area contributed by atoms with E-state index in [1.165, 1.54) is 0 Å². The molecule has 1 aliphatic rings. The third kappa shape index (κ3) is 2.60. The molecule has 0 aliphatic carbocycles. The lowest BCUT2D eigenvalue weighted by atomic mass is 10.1. The number of benzene rings is 2. The number of carbonyl (C=O) groups excluding carboxylic acids is 1. The van der Waals surface area contributed by atoms with E-state index in [1.54, 1.807) is 18.2 Å². The minimum Gasteiger partial charge on any atom is -0.369 e. The predicted molar refractivity (Wildman–Crippen MR) is 85.3 cm³/mol. The molecule has 4 nitrogen and oxygen atoms in total. The number of amides is 1. The van der Waals surface area contributed by atoms with Crippen LogP contribution >= 0.6 is 27.5 Å². The fourth-order valence-corrected chi connectivity index (χ4v) is 2.80. The van der Waals surface area contributed by atoms with Crippen LogP contribution in [0.2, 0.25) is 5.02 Å². The van der Waals surface area contributed by atoms with E-state index in [0.717, 1.165) is 15.7 Å². The van der Waals surface area contributed by atoms with Gasteiger partial charge in [0, 0.05) is 20.7 Å². The quantitative estimate of drug-likeness (QED) is 0.846. The number of nitrogens with zero attached hydrogens (tertiary/aromatic N) is 1. The summed E-state index contributed by atoms with van der Waals surface area (Å²) in [7, 11) is 0. The van der Waals surface area contributed by atoms with Crippen LogP contribution in [0.5, 0.6) is 0 Å². The summed E-state index contributed by atoms with van der Waals surface area (Å²) in [5, 5.41) is 15.6. The molecular formula is C15H9BrClN3O. The van der Waals surface area contributed by atoms with Crippen molar-refractivity contribution < 1.29 is 4.79 Å². The Balaban J connectivity index is 1.99. The first-order valence-electron chi connectivity index (χ1n) is 6.15. The molecule has 1 unspecified atom stereocenters. The fraction of sp³-hybridized carbons (Fsp3) is 0.0667. The first kappa shape index (κ1) is 13.9. The molecule has 104 valence electrons. The van der Waals surface area contributed by atoms with Crippen molar-refractivity contribution in [1.82, 2.24) is 0 Å². The number of rotatable bonds is 2. The van der Waals surface area contributed by atoms with Crippen LogP contribution in [-0.4, -0.2) is 5.91 Å². The molecule has 2 aromatic carbocycles. The highest BCUT2D eigenvalue weighted by atomic mass is 79.9. The van der Waals surface area contributed by atoms with Gasteiger partial charge in [0.2, 0.25) is 0 Å². The Kier molecular flexibility index (Phi) is 3.58. The molecule has 1 amide bonds. The molecule has 0 saturated carbocycles. The monoisotopic (exact) mass is 361 g/mol. The number of nitrogens with one attached hydrogen (secondary N) is 2. The summed E-state index contributed by atoms with van der Waals surface area (Å²) in [6, 6.07) is 12.0. The van der Waals surface area contributed by atoms with Gasteiger partial charge in [-0.25, -0.2) is 0 Å². The Morgan fingerprint density at radius 2 is 2.10 bits per heavy atom. The molecule has 2 N–H and O–H groups in total. The molecule has 6 heteroatoms. The Morgan fingerprint density at radius 1 is 1.29 bits per heavy atom. The summed E-state index contributed by atoms with van der Waals surface area (Å²) in [6.07, 6.45) is 0. The van der Waals surface area contributed by atoms with Gasteiger partial charge < -0.3 is 10.6 Å². The van der Waals surface area contributed by atoms with Crippen LogP contribution in [0.4, 0.5) is 11.4 Å². The molecule has 2 aromatic rings. The van der Waals surface area contributed by atoms with E-state index in [0.29, 0.717) is 16.3 Å². The van der Waals surface area contributed by atoms with Crippen LogP contribution < -0.4 is 10.6 Å². The second-order valence-corrected chi connectivity index (χ2v) is 5.95. The lowest BCUT2D eigenvalue weighted by Crippen LogP contribution is -2.20. The maximum atomic E-state index is 12.1. The van der Waals surface area contributed by atoms with E-state index in [-0.39, 0.29) is 5.91 Å². The van der Waals surface area contributed by atoms with Crippen LogP contribution in [0.1, 0.15) is 17.2 Å². The average molecular weight is 363 g/mol. The lowest BCUT2D eigenvalue weighted by molar-refractivity contribution is -0.116. The number of hydrogen-bond acceptors (Lipinski definition) is 3. The first-order valence-corrected chi connectivity index (χ1v) is 7.32. The van der Waals surface area contributed by atoms with Gasteiger partial charge in [-0.05, 0) is 30.3 Å². The van der Waals surface area contributed by atoms with Gasteiger partial charge in [0.15, 0.2) is 0 Å². The van der Waals surface area contributed by atoms with Crippen molar-refractivity contribution in [1.29, 1.82) is 5.26 Å². The molecule has 1 atom stereocenters. The lowest BCUT2D eigenvalue weighted by Gasteiger charge is -2.14. The van der Waals surface area contributed by atoms with E-state index >= 15 is 0 Å². The van der Waals surface area contributed by atoms with Gasteiger partial charge in [-0.1, -0.05) is 33.6 Å². The summed E-state index contributed by atoms with van der Waals surface area (Å²) in [5.74, 6) is -0.160. The van der Waals surface area contributed by atoms with Crippen LogP contribution in [0.3, 0.4) is 0 Å². The Labute approximate surface area is 134 Å². The van der Waals surface area contributed by atoms with Gasteiger partial charge in [-0.15, -0.1) is 0 Å². The smallest absolute Gasteiger partial charge is 0.251 e. The largest absolute Gasteiger partial charge is 0.369 e. The van der Waals surface area contributed by atoms with E-state index in [9.17, 15) is 4.79 Å². The Bertz CT molecular complexity index is 785. The van der Waals surface area contributed by atoms with Gasteiger partial charge in [-0.3, -0.25) is 4.79 Å². The minimum absolute atomic E-state index is 0.160. The molecule has 1 aliphatic heterocycles. The van der Waals surface area contributed by atoms with Crippen LogP contribution in [0, 0.1) is 11.3 Å². The van der Waals surface area contributed by atoms with E-state index in [1.807, 2.05) is 18.2 Å². The molecule has 0 saturated heterocycles. The number of nitriles is 1. The molecular weight excluding hydrogens is 354 g/mol. The van der Waals surface area contributed by atoms with Gasteiger partial charge in [-0.2, -0.15) is 5.26 Å². The molecule has 0 bridgehead atoms. The zero-order valence-corrected chi connectivity index (χ0v) is 13.0. The zero-order valence-electron chi connectivity index (χ0n) is 10.7. The maximum absolute atomic E-state index is 12.1. The molecule has 0 fully saturated rings. The highest BCUT2D eigenvalue weighted by molar-refractivity contribution is 9.10.